The molecule has 7 nitrogen and oxygen atoms in total. The first-order chi connectivity index (χ1) is 12.5. The van der Waals surface area contributed by atoms with E-state index in [9.17, 15) is 13.9 Å². The molecule has 0 amide bonds. The molecule has 3 rings (SSSR count). The summed E-state index contributed by atoms with van der Waals surface area (Å²) in [6.07, 6.45) is 0. The number of fused-ring (bicyclic) bond motifs is 1. The molecule has 0 aliphatic carbocycles. The maximum absolute atomic E-state index is 12.3. The highest BCUT2D eigenvalue weighted by atomic mass is 32.3. The second-order valence-electron chi connectivity index (χ2n) is 5.42. The monoisotopic (exact) mass is 396 g/mol. The molecule has 0 saturated carbocycles. The lowest BCUT2D eigenvalue weighted by Gasteiger charge is -2.32. The van der Waals surface area contributed by atoms with Crippen molar-refractivity contribution in [2.45, 2.75) is 17.9 Å². The third-order valence-electron chi connectivity index (χ3n) is 3.69. The van der Waals surface area contributed by atoms with Crippen LogP contribution in [0.15, 0.2) is 46.0 Å². The smallest absolute Gasteiger partial charge is 0.355 e. The predicted octanol–water partition coefficient (Wildman–Crippen LogP) is 4.62. The Hall–Kier alpha value is -2.04. The Bertz CT molecular complexity index is 905. The molecule has 140 valence electrons. The highest BCUT2D eigenvalue weighted by Gasteiger charge is 2.22. The molecular weight excluding hydrogens is 376 g/mol. The van der Waals surface area contributed by atoms with Crippen molar-refractivity contribution in [3.8, 4) is 0 Å². The van der Waals surface area contributed by atoms with Crippen LogP contribution in [0.2, 0.25) is 0 Å². The number of carbonyl (C=O) groups excluding carboxylic acids is 1. The van der Waals surface area contributed by atoms with Crippen molar-refractivity contribution in [1.29, 1.82) is 0 Å². The summed E-state index contributed by atoms with van der Waals surface area (Å²) in [5.41, 5.74) is 1.46. The third-order valence-corrected chi connectivity index (χ3v) is 6.54. The molecule has 0 atom stereocenters. The largest absolute Gasteiger partial charge is 0.461 e. The van der Waals surface area contributed by atoms with Gasteiger partial charge in [-0.2, -0.15) is 0 Å². The van der Waals surface area contributed by atoms with Gasteiger partial charge < -0.3 is 14.0 Å². The van der Waals surface area contributed by atoms with Crippen molar-refractivity contribution in [2.75, 3.05) is 18.4 Å². The van der Waals surface area contributed by atoms with Crippen LogP contribution in [0.4, 0.5) is 5.69 Å². The fraction of sp³-hybridized carbons (Fsp3) is 0.235. The van der Waals surface area contributed by atoms with Crippen LogP contribution in [0.3, 0.4) is 0 Å². The number of nitrogens with zero attached hydrogens (tertiary/aromatic N) is 1. The molecule has 3 aromatic rings. The van der Waals surface area contributed by atoms with Gasteiger partial charge in [0.25, 0.3) is 0 Å². The molecule has 0 bridgehead atoms. The Labute approximate surface area is 156 Å². The van der Waals surface area contributed by atoms with Crippen molar-refractivity contribution >= 4 is 44.7 Å². The van der Waals surface area contributed by atoms with Crippen molar-refractivity contribution in [3.63, 3.8) is 0 Å². The molecule has 3 N–H and O–H groups in total. The van der Waals surface area contributed by atoms with E-state index < -0.39 is 16.7 Å². The lowest BCUT2D eigenvalue weighted by atomic mass is 10.2. The molecule has 1 aromatic carbocycles. The maximum Gasteiger partial charge on any atom is 0.355 e. The number of hydrogen-bond donors (Lipinski definition) is 3. The van der Waals surface area contributed by atoms with Crippen LogP contribution in [0.25, 0.3) is 10.9 Å². The van der Waals surface area contributed by atoms with Gasteiger partial charge in [0.2, 0.25) is 0 Å². The van der Waals surface area contributed by atoms with Gasteiger partial charge in [-0.15, -0.1) is 11.3 Å². The summed E-state index contributed by atoms with van der Waals surface area (Å²) in [7, 11) is -1.69. The van der Waals surface area contributed by atoms with E-state index in [-0.39, 0.29) is 13.3 Å². The van der Waals surface area contributed by atoms with Gasteiger partial charge in [0.15, 0.2) is 0 Å². The van der Waals surface area contributed by atoms with Gasteiger partial charge in [0, 0.05) is 12.5 Å². The number of nitrogens with one attached hydrogen (secondary N) is 1. The van der Waals surface area contributed by atoms with Gasteiger partial charge >= 0.3 is 5.97 Å². The lowest BCUT2D eigenvalue weighted by molar-refractivity contribution is 0.0496. The number of carbonyl (C=O) groups is 1. The molecule has 0 spiro atoms. The number of rotatable bonds is 7. The fourth-order valence-corrected chi connectivity index (χ4v) is 4.79. The van der Waals surface area contributed by atoms with Gasteiger partial charge in [0.1, 0.15) is 16.6 Å². The Morgan fingerprint density at radius 3 is 2.77 bits per heavy atom. The number of para-hydroxylation sites is 1. The number of thiophene rings is 1. The second-order valence-corrected chi connectivity index (χ2v) is 8.37. The zero-order valence-corrected chi connectivity index (χ0v) is 16.0. The number of aromatic nitrogens is 1. The molecule has 26 heavy (non-hydrogen) atoms. The number of benzene rings is 1. The lowest BCUT2D eigenvalue weighted by Crippen LogP contribution is -2.14. The Morgan fingerprint density at radius 1 is 1.31 bits per heavy atom. The summed E-state index contributed by atoms with van der Waals surface area (Å²) in [4.78, 5) is 12.3. The molecule has 2 heterocycles. The summed E-state index contributed by atoms with van der Waals surface area (Å²) in [6, 6.07) is 10.5. The van der Waals surface area contributed by atoms with Crippen molar-refractivity contribution in [1.82, 2.24) is 4.57 Å². The zero-order valence-electron chi connectivity index (χ0n) is 14.3. The Morgan fingerprint density at radius 2 is 2.12 bits per heavy atom. The van der Waals surface area contributed by atoms with E-state index >= 15 is 0 Å². The summed E-state index contributed by atoms with van der Waals surface area (Å²) >= 11 is 1.25. The van der Waals surface area contributed by atoms with E-state index in [0.29, 0.717) is 21.1 Å². The van der Waals surface area contributed by atoms with Crippen LogP contribution < -0.4 is 4.72 Å². The van der Waals surface area contributed by atoms with E-state index in [0.717, 1.165) is 5.39 Å². The first-order valence-corrected chi connectivity index (χ1v) is 10.3. The van der Waals surface area contributed by atoms with Gasteiger partial charge in [-0.1, -0.05) is 22.9 Å². The van der Waals surface area contributed by atoms with Crippen molar-refractivity contribution in [3.05, 3.63) is 47.5 Å². The number of methoxy groups -OCH3 is 1. The average Bonchev–Trinajstić information content (AvgIpc) is 3.24. The van der Waals surface area contributed by atoms with E-state index in [4.69, 9.17) is 9.47 Å². The first kappa shape index (κ1) is 18.7. The minimum absolute atomic E-state index is 0.120. The quantitative estimate of drug-likeness (QED) is 0.505. The molecule has 2 aromatic heterocycles. The third kappa shape index (κ3) is 3.57. The normalized spacial score (nSPS) is 12.3. The molecule has 0 fully saturated rings. The number of esters is 1. The summed E-state index contributed by atoms with van der Waals surface area (Å²) < 4.78 is 36.3. The zero-order chi connectivity index (χ0) is 18.7. The molecular formula is C17H20N2O5S2. The summed E-state index contributed by atoms with van der Waals surface area (Å²) in [5, 5.41) is 2.54. The number of anilines is 1. The van der Waals surface area contributed by atoms with Gasteiger partial charge in [0.05, 0.1) is 17.8 Å². The SMILES string of the molecule is CCOC(=O)c1cc2cccc(NS(O)(O)c3cccs3)c2n1COC. The van der Waals surface area contributed by atoms with Crippen LogP contribution in [-0.4, -0.2) is 33.4 Å². The molecule has 0 aliphatic rings. The molecule has 0 aliphatic heterocycles. The van der Waals surface area contributed by atoms with Crippen LogP contribution in [0.1, 0.15) is 17.4 Å². The Balaban J connectivity index is 2.10. The molecule has 0 unspecified atom stereocenters. The topological polar surface area (TPSA) is 93.0 Å². The highest BCUT2D eigenvalue weighted by molar-refractivity contribution is 8.26. The summed E-state index contributed by atoms with van der Waals surface area (Å²) in [5.74, 6) is -0.462. The Kier molecular flexibility index (Phi) is 5.54. The van der Waals surface area contributed by atoms with Crippen LogP contribution in [0.5, 0.6) is 0 Å². The van der Waals surface area contributed by atoms with E-state index in [1.165, 1.54) is 18.4 Å². The van der Waals surface area contributed by atoms with Gasteiger partial charge in [-0.05, 0) is 36.6 Å². The fourth-order valence-electron chi connectivity index (χ4n) is 2.67. The van der Waals surface area contributed by atoms with Crippen LogP contribution in [0, 0.1) is 0 Å². The van der Waals surface area contributed by atoms with Crippen LogP contribution in [-0.2, 0) is 16.2 Å². The van der Waals surface area contributed by atoms with E-state index in [1.54, 1.807) is 47.2 Å². The van der Waals surface area contributed by atoms with Crippen molar-refractivity contribution < 1.29 is 23.4 Å². The first-order valence-electron chi connectivity index (χ1n) is 7.85. The van der Waals surface area contributed by atoms with E-state index in [1.807, 2.05) is 6.07 Å². The summed E-state index contributed by atoms with van der Waals surface area (Å²) in [6.45, 7) is 2.12. The average molecular weight is 396 g/mol. The molecule has 0 saturated heterocycles. The second kappa shape index (κ2) is 7.68. The maximum atomic E-state index is 12.3. The highest BCUT2D eigenvalue weighted by Crippen LogP contribution is 2.51. The minimum Gasteiger partial charge on any atom is -0.461 e. The van der Waals surface area contributed by atoms with Crippen LogP contribution >= 0.6 is 22.1 Å². The van der Waals surface area contributed by atoms with Crippen molar-refractivity contribution in [2.24, 2.45) is 0 Å². The number of ether oxygens (including phenoxy) is 2. The molecule has 0 radical (unpaired) electrons. The van der Waals surface area contributed by atoms with E-state index in [2.05, 4.69) is 4.72 Å². The number of hydrogen-bond acceptors (Lipinski definition) is 7. The standard InChI is InChI=1S/C17H20N2O5S2/c1-3-24-17(20)14-10-12-6-4-7-13(16(12)19(14)11-23-2)18-26(21,22)15-8-5-9-25-15/h4-10,18,21-22H,3,11H2,1-2H3. The van der Waals surface area contributed by atoms with Gasteiger partial charge in [-0.3, -0.25) is 13.8 Å². The van der Waals surface area contributed by atoms with Gasteiger partial charge in [-0.25, -0.2) is 4.79 Å². The minimum atomic E-state index is -3.22. The molecule has 9 heteroatoms. The predicted molar refractivity (Wildman–Crippen MR) is 104 cm³/mol.